The van der Waals surface area contributed by atoms with Gasteiger partial charge >= 0.3 is 0 Å². The Balaban J connectivity index is 2.17. The van der Waals surface area contributed by atoms with Crippen LogP contribution in [0.4, 0.5) is 0 Å². The standard InChI is InChI=1S/C15H18N2O2/c1-11(2)16-15(19)7-8-17-9-12(10-18)13-5-3-4-6-14(13)17/h3-6,9-11H,7-8H2,1-2H3,(H,16,19). The van der Waals surface area contributed by atoms with Gasteiger partial charge in [-0.05, 0) is 19.9 Å². The average molecular weight is 258 g/mol. The van der Waals surface area contributed by atoms with Gasteiger partial charge in [0, 0.05) is 41.7 Å². The molecule has 1 aromatic carbocycles. The second-order valence-corrected chi connectivity index (χ2v) is 4.89. The van der Waals surface area contributed by atoms with Gasteiger partial charge in [0.2, 0.25) is 5.91 Å². The predicted octanol–water partition coefficient (Wildman–Crippen LogP) is 2.37. The lowest BCUT2D eigenvalue weighted by molar-refractivity contribution is -0.121. The van der Waals surface area contributed by atoms with E-state index in [-0.39, 0.29) is 11.9 Å². The first-order valence-corrected chi connectivity index (χ1v) is 6.44. The average Bonchev–Trinajstić information content (AvgIpc) is 2.74. The molecule has 0 bridgehead atoms. The van der Waals surface area contributed by atoms with Crippen molar-refractivity contribution in [1.29, 1.82) is 0 Å². The molecule has 1 amide bonds. The largest absolute Gasteiger partial charge is 0.354 e. The molecule has 0 aliphatic heterocycles. The van der Waals surface area contributed by atoms with Crippen LogP contribution in [-0.4, -0.2) is 22.8 Å². The first kappa shape index (κ1) is 13.3. The molecular weight excluding hydrogens is 240 g/mol. The molecule has 4 nitrogen and oxygen atoms in total. The zero-order chi connectivity index (χ0) is 13.8. The molecule has 0 aliphatic rings. The SMILES string of the molecule is CC(C)NC(=O)CCn1cc(C=O)c2ccccc21. The highest BCUT2D eigenvalue weighted by atomic mass is 16.1. The van der Waals surface area contributed by atoms with Crippen molar-refractivity contribution >= 4 is 23.1 Å². The van der Waals surface area contributed by atoms with E-state index in [1.165, 1.54) is 0 Å². The summed E-state index contributed by atoms with van der Waals surface area (Å²) in [5.74, 6) is 0.0282. The molecule has 0 atom stereocenters. The lowest BCUT2D eigenvalue weighted by Gasteiger charge is -2.09. The van der Waals surface area contributed by atoms with Crippen molar-refractivity contribution in [3.05, 3.63) is 36.0 Å². The second-order valence-electron chi connectivity index (χ2n) is 4.89. The fourth-order valence-electron chi connectivity index (χ4n) is 2.17. The third-order valence-electron chi connectivity index (χ3n) is 2.98. The van der Waals surface area contributed by atoms with Gasteiger partial charge in [0.1, 0.15) is 0 Å². The van der Waals surface area contributed by atoms with Gasteiger partial charge in [0.15, 0.2) is 6.29 Å². The molecule has 0 aliphatic carbocycles. The van der Waals surface area contributed by atoms with Crippen LogP contribution in [0.5, 0.6) is 0 Å². The van der Waals surface area contributed by atoms with Crippen LogP contribution >= 0.6 is 0 Å². The van der Waals surface area contributed by atoms with E-state index >= 15 is 0 Å². The zero-order valence-electron chi connectivity index (χ0n) is 11.2. The summed E-state index contributed by atoms with van der Waals surface area (Å²) in [4.78, 5) is 22.7. The van der Waals surface area contributed by atoms with Crippen LogP contribution in [0.15, 0.2) is 30.5 Å². The Bertz CT molecular complexity index is 599. The highest BCUT2D eigenvalue weighted by molar-refractivity contribution is 5.97. The molecule has 100 valence electrons. The molecule has 4 heteroatoms. The molecule has 0 fully saturated rings. The van der Waals surface area contributed by atoms with Crippen molar-refractivity contribution in [3.8, 4) is 0 Å². The highest BCUT2D eigenvalue weighted by Crippen LogP contribution is 2.20. The van der Waals surface area contributed by atoms with Gasteiger partial charge in [-0.25, -0.2) is 0 Å². The Hall–Kier alpha value is -2.10. The second kappa shape index (κ2) is 5.69. The van der Waals surface area contributed by atoms with Crippen LogP contribution in [0.3, 0.4) is 0 Å². The molecule has 1 heterocycles. The number of aldehydes is 1. The number of para-hydroxylation sites is 1. The van der Waals surface area contributed by atoms with Gasteiger partial charge in [-0.2, -0.15) is 0 Å². The van der Waals surface area contributed by atoms with Crippen LogP contribution < -0.4 is 5.32 Å². The lowest BCUT2D eigenvalue weighted by Crippen LogP contribution is -2.30. The van der Waals surface area contributed by atoms with E-state index in [2.05, 4.69) is 5.32 Å². The first-order chi connectivity index (χ1) is 9.11. The predicted molar refractivity (Wildman–Crippen MR) is 75.2 cm³/mol. The summed E-state index contributed by atoms with van der Waals surface area (Å²) >= 11 is 0. The van der Waals surface area contributed by atoms with Crippen molar-refractivity contribution in [1.82, 2.24) is 9.88 Å². The summed E-state index contributed by atoms with van der Waals surface area (Å²) < 4.78 is 1.96. The number of carbonyl (C=O) groups excluding carboxylic acids is 2. The Morgan fingerprint density at radius 3 is 2.79 bits per heavy atom. The van der Waals surface area contributed by atoms with E-state index in [1.807, 2.05) is 42.7 Å². The molecule has 1 N–H and O–H groups in total. The minimum atomic E-state index is 0.0282. The summed E-state index contributed by atoms with van der Waals surface area (Å²) in [7, 11) is 0. The number of nitrogens with one attached hydrogen (secondary N) is 1. The Morgan fingerprint density at radius 1 is 1.37 bits per heavy atom. The van der Waals surface area contributed by atoms with Crippen molar-refractivity contribution < 1.29 is 9.59 Å². The number of fused-ring (bicyclic) bond motifs is 1. The third kappa shape index (κ3) is 3.02. The Labute approximate surface area is 112 Å². The molecule has 1 aromatic heterocycles. The number of aryl methyl sites for hydroxylation is 1. The first-order valence-electron chi connectivity index (χ1n) is 6.44. The summed E-state index contributed by atoms with van der Waals surface area (Å²) in [6, 6.07) is 7.87. The fraction of sp³-hybridized carbons (Fsp3) is 0.333. The van der Waals surface area contributed by atoms with Crippen LogP contribution in [-0.2, 0) is 11.3 Å². The van der Waals surface area contributed by atoms with Crippen molar-refractivity contribution in [2.24, 2.45) is 0 Å². The molecule has 0 radical (unpaired) electrons. The van der Waals surface area contributed by atoms with Crippen molar-refractivity contribution in [2.45, 2.75) is 32.9 Å². The van der Waals surface area contributed by atoms with E-state index in [9.17, 15) is 9.59 Å². The van der Waals surface area contributed by atoms with Crippen molar-refractivity contribution in [3.63, 3.8) is 0 Å². The number of hydrogen-bond acceptors (Lipinski definition) is 2. The molecule has 0 saturated heterocycles. The van der Waals surface area contributed by atoms with E-state index in [4.69, 9.17) is 0 Å². The van der Waals surface area contributed by atoms with Gasteiger partial charge in [-0.1, -0.05) is 18.2 Å². The van der Waals surface area contributed by atoms with E-state index in [0.29, 0.717) is 18.5 Å². The minimum Gasteiger partial charge on any atom is -0.354 e. The summed E-state index contributed by atoms with van der Waals surface area (Å²) in [5, 5.41) is 3.79. The lowest BCUT2D eigenvalue weighted by atomic mass is 10.2. The van der Waals surface area contributed by atoms with Crippen LogP contribution in [0.25, 0.3) is 10.9 Å². The molecule has 0 spiro atoms. The normalized spacial score (nSPS) is 10.9. The monoisotopic (exact) mass is 258 g/mol. The molecule has 2 aromatic rings. The molecule has 0 unspecified atom stereocenters. The number of aromatic nitrogens is 1. The molecule has 19 heavy (non-hydrogen) atoms. The quantitative estimate of drug-likeness (QED) is 0.837. The Kier molecular flexibility index (Phi) is 4.00. The number of benzene rings is 1. The maximum Gasteiger partial charge on any atom is 0.221 e. The van der Waals surface area contributed by atoms with Gasteiger partial charge in [0.25, 0.3) is 0 Å². The molecule has 2 rings (SSSR count). The molecule has 0 saturated carbocycles. The minimum absolute atomic E-state index is 0.0282. The highest BCUT2D eigenvalue weighted by Gasteiger charge is 2.09. The third-order valence-corrected chi connectivity index (χ3v) is 2.98. The summed E-state index contributed by atoms with van der Waals surface area (Å²) in [5.41, 5.74) is 1.65. The van der Waals surface area contributed by atoms with Gasteiger partial charge in [0.05, 0.1) is 0 Å². The number of carbonyl (C=O) groups is 2. The summed E-state index contributed by atoms with van der Waals surface area (Å²) in [6.07, 6.45) is 3.07. The van der Waals surface area contributed by atoms with Crippen LogP contribution in [0.2, 0.25) is 0 Å². The molecular formula is C15H18N2O2. The maximum absolute atomic E-state index is 11.6. The van der Waals surface area contributed by atoms with E-state index in [1.54, 1.807) is 6.20 Å². The number of hydrogen-bond donors (Lipinski definition) is 1. The smallest absolute Gasteiger partial charge is 0.221 e. The van der Waals surface area contributed by atoms with Gasteiger partial charge in [-0.3, -0.25) is 9.59 Å². The number of amides is 1. The van der Waals surface area contributed by atoms with Gasteiger partial charge < -0.3 is 9.88 Å². The topological polar surface area (TPSA) is 51.1 Å². The van der Waals surface area contributed by atoms with E-state index in [0.717, 1.165) is 17.2 Å². The number of nitrogens with zero attached hydrogens (tertiary/aromatic N) is 1. The summed E-state index contributed by atoms with van der Waals surface area (Å²) in [6.45, 7) is 4.45. The van der Waals surface area contributed by atoms with Crippen LogP contribution in [0.1, 0.15) is 30.6 Å². The zero-order valence-corrected chi connectivity index (χ0v) is 11.2. The van der Waals surface area contributed by atoms with Crippen molar-refractivity contribution in [2.75, 3.05) is 0 Å². The fourth-order valence-corrected chi connectivity index (χ4v) is 2.17. The van der Waals surface area contributed by atoms with Crippen LogP contribution in [0, 0.1) is 0 Å². The maximum atomic E-state index is 11.6. The van der Waals surface area contributed by atoms with E-state index < -0.39 is 0 Å². The Morgan fingerprint density at radius 2 is 2.11 bits per heavy atom. The number of rotatable bonds is 5. The van der Waals surface area contributed by atoms with Gasteiger partial charge in [-0.15, -0.1) is 0 Å².